The van der Waals surface area contributed by atoms with Gasteiger partial charge < -0.3 is 20.5 Å². The molecule has 0 radical (unpaired) electrons. The van der Waals surface area contributed by atoms with Gasteiger partial charge in [0.1, 0.15) is 6.04 Å². The SMILES string of the molecule is O=C(CC1NC(=O)c2ccccc2NC1=O)NCCn1cnc2ccccc21. The van der Waals surface area contributed by atoms with Gasteiger partial charge in [0, 0.05) is 13.1 Å². The summed E-state index contributed by atoms with van der Waals surface area (Å²) in [6.45, 7) is 0.947. The van der Waals surface area contributed by atoms with Crippen LogP contribution in [0.3, 0.4) is 0 Å². The lowest BCUT2D eigenvalue weighted by molar-refractivity contribution is -0.125. The topological polar surface area (TPSA) is 105 Å². The van der Waals surface area contributed by atoms with Crippen LogP contribution in [0.1, 0.15) is 16.8 Å². The fourth-order valence-electron chi connectivity index (χ4n) is 3.22. The standard InChI is InChI=1S/C20H19N5O3/c26-18(21-9-10-25-12-22-15-7-3-4-8-17(15)25)11-16-20(28)23-14-6-2-1-5-13(14)19(27)24-16/h1-8,12,16H,9-11H2,(H,21,26)(H,23,28)(H,24,27). The first-order valence-electron chi connectivity index (χ1n) is 8.99. The number of carbonyl (C=O) groups is 3. The van der Waals surface area contributed by atoms with Crippen LogP contribution in [-0.2, 0) is 16.1 Å². The van der Waals surface area contributed by atoms with E-state index >= 15 is 0 Å². The van der Waals surface area contributed by atoms with Gasteiger partial charge in [0.15, 0.2) is 0 Å². The van der Waals surface area contributed by atoms with Crippen molar-refractivity contribution in [1.82, 2.24) is 20.2 Å². The van der Waals surface area contributed by atoms with Gasteiger partial charge in [-0.25, -0.2) is 4.98 Å². The van der Waals surface area contributed by atoms with Gasteiger partial charge in [-0.15, -0.1) is 0 Å². The zero-order valence-corrected chi connectivity index (χ0v) is 15.0. The molecule has 3 amide bonds. The molecule has 3 N–H and O–H groups in total. The summed E-state index contributed by atoms with van der Waals surface area (Å²) in [5.41, 5.74) is 2.71. The summed E-state index contributed by atoms with van der Waals surface area (Å²) < 4.78 is 1.95. The van der Waals surface area contributed by atoms with Crippen molar-refractivity contribution < 1.29 is 14.4 Å². The maximum atomic E-state index is 12.3. The molecule has 2 aromatic carbocycles. The summed E-state index contributed by atoms with van der Waals surface area (Å²) in [4.78, 5) is 41.2. The first kappa shape index (κ1) is 17.7. The van der Waals surface area contributed by atoms with Gasteiger partial charge in [-0.1, -0.05) is 24.3 Å². The molecule has 1 aliphatic heterocycles. The molecule has 1 aromatic heterocycles. The molecule has 0 aliphatic carbocycles. The number of para-hydroxylation sites is 3. The summed E-state index contributed by atoms with van der Waals surface area (Å²) in [5, 5.41) is 8.10. The average molecular weight is 377 g/mol. The molecule has 0 saturated heterocycles. The van der Waals surface area contributed by atoms with E-state index in [1.807, 2.05) is 28.8 Å². The summed E-state index contributed by atoms with van der Waals surface area (Å²) >= 11 is 0. The molecule has 8 nitrogen and oxygen atoms in total. The van der Waals surface area contributed by atoms with Gasteiger partial charge in [-0.3, -0.25) is 14.4 Å². The van der Waals surface area contributed by atoms with Crippen LogP contribution in [0.2, 0.25) is 0 Å². The number of nitrogens with zero attached hydrogens (tertiary/aromatic N) is 2. The number of hydrogen-bond donors (Lipinski definition) is 3. The minimum atomic E-state index is -0.922. The maximum Gasteiger partial charge on any atom is 0.254 e. The molecular formula is C20H19N5O3. The molecule has 1 aliphatic rings. The Morgan fingerprint density at radius 3 is 2.79 bits per heavy atom. The molecular weight excluding hydrogens is 358 g/mol. The first-order chi connectivity index (χ1) is 13.6. The third-order valence-electron chi connectivity index (χ3n) is 4.64. The van der Waals surface area contributed by atoms with E-state index < -0.39 is 11.9 Å². The number of hydrogen-bond acceptors (Lipinski definition) is 4. The van der Waals surface area contributed by atoms with E-state index in [4.69, 9.17) is 0 Å². The van der Waals surface area contributed by atoms with Crippen molar-refractivity contribution >= 4 is 34.4 Å². The third kappa shape index (κ3) is 3.57. The van der Waals surface area contributed by atoms with Crippen LogP contribution in [0, 0.1) is 0 Å². The van der Waals surface area contributed by atoms with Crippen LogP contribution in [-0.4, -0.2) is 39.9 Å². The molecule has 8 heteroatoms. The largest absolute Gasteiger partial charge is 0.354 e. The zero-order chi connectivity index (χ0) is 19.5. The van der Waals surface area contributed by atoms with Crippen molar-refractivity contribution in [2.24, 2.45) is 0 Å². The lowest BCUT2D eigenvalue weighted by Gasteiger charge is -2.14. The van der Waals surface area contributed by atoms with Gasteiger partial charge in [-0.2, -0.15) is 0 Å². The molecule has 3 aromatic rings. The molecule has 1 atom stereocenters. The Morgan fingerprint density at radius 2 is 1.89 bits per heavy atom. The van der Waals surface area contributed by atoms with Crippen molar-refractivity contribution in [2.75, 3.05) is 11.9 Å². The van der Waals surface area contributed by atoms with Crippen LogP contribution in [0.4, 0.5) is 5.69 Å². The van der Waals surface area contributed by atoms with Crippen molar-refractivity contribution in [3.8, 4) is 0 Å². The Morgan fingerprint density at radius 1 is 1.11 bits per heavy atom. The van der Waals surface area contributed by atoms with Crippen LogP contribution < -0.4 is 16.0 Å². The molecule has 4 rings (SSSR count). The van der Waals surface area contributed by atoms with Crippen molar-refractivity contribution in [3.63, 3.8) is 0 Å². The van der Waals surface area contributed by atoms with Crippen LogP contribution in [0.25, 0.3) is 11.0 Å². The van der Waals surface area contributed by atoms with E-state index in [-0.39, 0.29) is 18.2 Å². The van der Waals surface area contributed by atoms with Crippen molar-refractivity contribution in [1.29, 1.82) is 0 Å². The number of imidazole rings is 1. The highest BCUT2D eigenvalue weighted by Gasteiger charge is 2.29. The van der Waals surface area contributed by atoms with Gasteiger partial charge in [0.05, 0.1) is 35.0 Å². The molecule has 0 fully saturated rings. The predicted molar refractivity (Wildman–Crippen MR) is 104 cm³/mol. The molecule has 142 valence electrons. The first-order valence-corrected chi connectivity index (χ1v) is 8.99. The fraction of sp³-hybridized carbons (Fsp3) is 0.200. The second-order valence-electron chi connectivity index (χ2n) is 6.54. The highest BCUT2D eigenvalue weighted by Crippen LogP contribution is 2.18. The fourth-order valence-corrected chi connectivity index (χ4v) is 3.22. The number of anilines is 1. The van der Waals surface area contributed by atoms with Gasteiger partial charge in [-0.05, 0) is 24.3 Å². The van der Waals surface area contributed by atoms with Gasteiger partial charge in [0.2, 0.25) is 11.8 Å². The zero-order valence-electron chi connectivity index (χ0n) is 15.0. The van der Waals surface area contributed by atoms with Crippen molar-refractivity contribution in [2.45, 2.75) is 19.0 Å². The van der Waals surface area contributed by atoms with E-state index in [0.717, 1.165) is 11.0 Å². The van der Waals surface area contributed by atoms with E-state index in [1.165, 1.54) is 0 Å². The highest BCUT2D eigenvalue weighted by molar-refractivity contribution is 6.10. The minimum Gasteiger partial charge on any atom is -0.354 e. The van der Waals surface area contributed by atoms with E-state index in [2.05, 4.69) is 20.9 Å². The lowest BCUT2D eigenvalue weighted by Crippen LogP contribution is -2.44. The molecule has 2 heterocycles. The summed E-state index contributed by atoms with van der Waals surface area (Å²) in [5.74, 6) is -1.10. The van der Waals surface area contributed by atoms with E-state index in [1.54, 1.807) is 30.6 Å². The molecule has 0 spiro atoms. The Balaban J connectivity index is 1.34. The Labute approximate surface area is 160 Å². The Hall–Kier alpha value is -3.68. The summed E-state index contributed by atoms with van der Waals surface area (Å²) in [6.07, 6.45) is 1.60. The average Bonchev–Trinajstić information content (AvgIpc) is 3.06. The quantitative estimate of drug-likeness (QED) is 0.623. The van der Waals surface area contributed by atoms with Crippen LogP contribution >= 0.6 is 0 Å². The molecule has 1 unspecified atom stereocenters. The molecule has 28 heavy (non-hydrogen) atoms. The molecule has 0 bridgehead atoms. The normalized spacial score (nSPS) is 16.1. The van der Waals surface area contributed by atoms with E-state index in [9.17, 15) is 14.4 Å². The number of carbonyl (C=O) groups excluding carboxylic acids is 3. The number of amides is 3. The number of benzene rings is 2. The van der Waals surface area contributed by atoms with E-state index in [0.29, 0.717) is 24.3 Å². The third-order valence-corrected chi connectivity index (χ3v) is 4.64. The number of fused-ring (bicyclic) bond motifs is 2. The summed E-state index contributed by atoms with van der Waals surface area (Å²) in [6, 6.07) is 13.6. The van der Waals surface area contributed by atoms with Crippen LogP contribution in [0.15, 0.2) is 54.9 Å². The number of rotatable bonds is 5. The molecule has 0 saturated carbocycles. The number of aromatic nitrogens is 2. The smallest absolute Gasteiger partial charge is 0.254 e. The Bertz CT molecular complexity index is 1060. The van der Waals surface area contributed by atoms with Gasteiger partial charge in [0.25, 0.3) is 5.91 Å². The second kappa shape index (κ2) is 7.51. The predicted octanol–water partition coefficient (Wildman–Crippen LogP) is 1.29. The number of nitrogens with one attached hydrogen (secondary N) is 3. The minimum absolute atomic E-state index is 0.129. The lowest BCUT2D eigenvalue weighted by atomic mass is 10.1. The maximum absolute atomic E-state index is 12.3. The van der Waals surface area contributed by atoms with Gasteiger partial charge >= 0.3 is 0 Å². The monoisotopic (exact) mass is 377 g/mol. The highest BCUT2D eigenvalue weighted by atomic mass is 16.2. The van der Waals surface area contributed by atoms with Crippen LogP contribution in [0.5, 0.6) is 0 Å². The van der Waals surface area contributed by atoms with Crippen molar-refractivity contribution in [3.05, 3.63) is 60.4 Å². The Kier molecular flexibility index (Phi) is 4.76. The summed E-state index contributed by atoms with van der Waals surface area (Å²) in [7, 11) is 0. The second-order valence-corrected chi connectivity index (χ2v) is 6.54.